The van der Waals surface area contributed by atoms with Crippen molar-refractivity contribution in [1.82, 2.24) is 15.3 Å². The van der Waals surface area contributed by atoms with Crippen LogP contribution < -0.4 is 5.32 Å². The Morgan fingerprint density at radius 3 is 3.19 bits per heavy atom. The zero-order valence-electron chi connectivity index (χ0n) is 8.99. The number of carbonyl (C=O) groups excluding carboxylic acids is 1. The molecule has 0 aromatic carbocycles. The lowest BCUT2D eigenvalue weighted by molar-refractivity contribution is 0.0953. The number of amides is 1. The van der Waals surface area contributed by atoms with E-state index in [1.54, 1.807) is 12.4 Å². The van der Waals surface area contributed by atoms with Crippen LogP contribution in [0.1, 0.15) is 28.0 Å². The van der Waals surface area contributed by atoms with E-state index in [0.29, 0.717) is 6.54 Å². The highest BCUT2D eigenvalue weighted by atomic mass is 32.1. The minimum atomic E-state index is -0.0248. The molecule has 0 aliphatic heterocycles. The number of hydrogen-bond donors (Lipinski definition) is 2. The van der Waals surface area contributed by atoms with Crippen molar-refractivity contribution in [2.24, 2.45) is 0 Å². The highest BCUT2D eigenvalue weighted by molar-refractivity contribution is 7.12. The molecule has 2 aromatic heterocycles. The molecule has 0 radical (unpaired) electrons. The Morgan fingerprint density at radius 1 is 1.62 bits per heavy atom. The summed E-state index contributed by atoms with van der Waals surface area (Å²) in [5.74, 6) is 0.742. The van der Waals surface area contributed by atoms with E-state index in [-0.39, 0.29) is 5.91 Å². The number of aromatic nitrogens is 2. The third-order valence-electron chi connectivity index (χ3n) is 2.31. The van der Waals surface area contributed by atoms with Gasteiger partial charge in [0.2, 0.25) is 0 Å². The quantitative estimate of drug-likeness (QED) is 0.851. The molecule has 0 unspecified atom stereocenters. The van der Waals surface area contributed by atoms with Crippen LogP contribution in [0.4, 0.5) is 0 Å². The summed E-state index contributed by atoms with van der Waals surface area (Å²) in [4.78, 5) is 19.6. The van der Waals surface area contributed by atoms with Crippen molar-refractivity contribution in [2.75, 3.05) is 0 Å². The van der Waals surface area contributed by atoms with Crippen LogP contribution in [-0.2, 0) is 13.0 Å². The Bertz CT molecular complexity index is 461. The number of H-pyrrole nitrogens is 1. The maximum Gasteiger partial charge on any atom is 0.262 e. The molecule has 5 heteroatoms. The number of thiophene rings is 1. The van der Waals surface area contributed by atoms with Gasteiger partial charge in [-0.3, -0.25) is 4.79 Å². The average Bonchev–Trinajstić information content (AvgIpc) is 2.96. The number of aryl methyl sites for hydroxylation is 1. The number of hydrogen-bond acceptors (Lipinski definition) is 3. The van der Waals surface area contributed by atoms with Crippen molar-refractivity contribution in [3.63, 3.8) is 0 Å². The van der Waals surface area contributed by atoms with Gasteiger partial charge in [0, 0.05) is 12.4 Å². The summed E-state index contributed by atoms with van der Waals surface area (Å²) in [5, 5.41) is 4.78. The minimum Gasteiger partial charge on any atom is -0.347 e. The third-order valence-corrected chi connectivity index (χ3v) is 3.26. The largest absolute Gasteiger partial charge is 0.347 e. The Kier molecular flexibility index (Phi) is 3.36. The second-order valence-corrected chi connectivity index (χ2v) is 4.26. The molecule has 84 valence electrons. The van der Waals surface area contributed by atoms with Gasteiger partial charge in [-0.2, -0.15) is 0 Å². The molecule has 2 rings (SSSR count). The van der Waals surface area contributed by atoms with Crippen molar-refractivity contribution in [2.45, 2.75) is 19.9 Å². The molecule has 0 fully saturated rings. The molecule has 0 aliphatic rings. The molecule has 0 saturated carbocycles. The number of nitrogens with one attached hydrogen (secondary N) is 2. The van der Waals surface area contributed by atoms with E-state index < -0.39 is 0 Å². The Labute approximate surface area is 97.7 Å². The summed E-state index contributed by atoms with van der Waals surface area (Å²) in [5.41, 5.74) is 1.10. The fourth-order valence-electron chi connectivity index (χ4n) is 1.45. The average molecular weight is 235 g/mol. The highest BCUT2D eigenvalue weighted by Gasteiger charge is 2.11. The normalized spacial score (nSPS) is 10.3. The molecule has 0 bridgehead atoms. The van der Waals surface area contributed by atoms with Gasteiger partial charge in [0.05, 0.1) is 11.4 Å². The van der Waals surface area contributed by atoms with Crippen molar-refractivity contribution in [3.05, 3.63) is 40.1 Å². The first-order valence-electron chi connectivity index (χ1n) is 5.14. The first-order chi connectivity index (χ1) is 7.81. The lowest BCUT2D eigenvalue weighted by Crippen LogP contribution is -2.23. The second kappa shape index (κ2) is 4.94. The number of imidazole rings is 1. The van der Waals surface area contributed by atoms with E-state index in [0.717, 1.165) is 22.7 Å². The number of nitrogens with zero attached hydrogens (tertiary/aromatic N) is 1. The van der Waals surface area contributed by atoms with E-state index >= 15 is 0 Å². The number of carbonyl (C=O) groups is 1. The molecule has 0 spiro atoms. The zero-order valence-corrected chi connectivity index (χ0v) is 9.80. The first-order valence-corrected chi connectivity index (χ1v) is 6.02. The fourth-order valence-corrected chi connectivity index (χ4v) is 2.36. The summed E-state index contributed by atoms with van der Waals surface area (Å²) in [6.45, 7) is 2.48. The van der Waals surface area contributed by atoms with Crippen LogP contribution in [0.5, 0.6) is 0 Å². The van der Waals surface area contributed by atoms with Crippen molar-refractivity contribution in [1.29, 1.82) is 0 Å². The number of rotatable bonds is 4. The van der Waals surface area contributed by atoms with Crippen LogP contribution >= 0.6 is 11.3 Å². The minimum absolute atomic E-state index is 0.0248. The van der Waals surface area contributed by atoms with Gasteiger partial charge in [-0.05, 0) is 23.4 Å². The van der Waals surface area contributed by atoms with E-state index in [1.807, 2.05) is 18.4 Å². The maximum absolute atomic E-state index is 11.8. The van der Waals surface area contributed by atoms with Crippen molar-refractivity contribution in [3.8, 4) is 0 Å². The smallest absolute Gasteiger partial charge is 0.262 e. The highest BCUT2D eigenvalue weighted by Crippen LogP contribution is 2.17. The fraction of sp³-hybridized carbons (Fsp3) is 0.273. The summed E-state index contributed by atoms with van der Waals surface area (Å²) < 4.78 is 0. The first kappa shape index (κ1) is 10.9. The topological polar surface area (TPSA) is 57.8 Å². The predicted molar refractivity (Wildman–Crippen MR) is 63.5 cm³/mol. The zero-order chi connectivity index (χ0) is 11.4. The van der Waals surface area contributed by atoms with Crippen LogP contribution in [0.25, 0.3) is 0 Å². The van der Waals surface area contributed by atoms with Gasteiger partial charge in [0.15, 0.2) is 0 Å². The van der Waals surface area contributed by atoms with Gasteiger partial charge >= 0.3 is 0 Å². The third kappa shape index (κ3) is 2.30. The molecular weight excluding hydrogens is 222 g/mol. The van der Waals surface area contributed by atoms with Gasteiger partial charge in [0.1, 0.15) is 5.82 Å². The molecule has 0 aliphatic carbocycles. The van der Waals surface area contributed by atoms with Crippen molar-refractivity contribution < 1.29 is 4.79 Å². The predicted octanol–water partition coefficient (Wildman–Crippen LogP) is 1.96. The molecule has 2 aromatic rings. The molecule has 4 nitrogen and oxygen atoms in total. The van der Waals surface area contributed by atoms with E-state index in [4.69, 9.17) is 0 Å². The standard InChI is InChI=1S/C11H13N3OS/c1-2-8-3-6-16-10(8)11(15)14-7-9-12-4-5-13-9/h3-6H,2,7H2,1H3,(H,12,13)(H,14,15). The second-order valence-electron chi connectivity index (χ2n) is 3.35. The van der Waals surface area contributed by atoms with Gasteiger partial charge < -0.3 is 10.3 Å². The van der Waals surface area contributed by atoms with Gasteiger partial charge in [0.25, 0.3) is 5.91 Å². The van der Waals surface area contributed by atoms with E-state index in [9.17, 15) is 4.79 Å². The molecule has 16 heavy (non-hydrogen) atoms. The maximum atomic E-state index is 11.8. The molecule has 1 amide bonds. The summed E-state index contributed by atoms with van der Waals surface area (Å²) in [6, 6.07) is 1.99. The SMILES string of the molecule is CCc1ccsc1C(=O)NCc1ncc[nH]1. The summed E-state index contributed by atoms with van der Waals surface area (Å²) in [6.07, 6.45) is 4.29. The van der Waals surface area contributed by atoms with E-state index in [2.05, 4.69) is 15.3 Å². The van der Waals surface area contributed by atoms with Crippen LogP contribution in [0, 0.1) is 0 Å². The lowest BCUT2D eigenvalue weighted by atomic mass is 10.2. The Morgan fingerprint density at radius 2 is 2.50 bits per heavy atom. The summed E-state index contributed by atoms with van der Waals surface area (Å²) >= 11 is 1.48. The van der Waals surface area contributed by atoms with Crippen LogP contribution in [-0.4, -0.2) is 15.9 Å². The Hall–Kier alpha value is -1.62. The van der Waals surface area contributed by atoms with Gasteiger partial charge in [-0.15, -0.1) is 11.3 Å². The lowest BCUT2D eigenvalue weighted by Gasteiger charge is -2.03. The molecule has 0 atom stereocenters. The van der Waals surface area contributed by atoms with E-state index in [1.165, 1.54) is 11.3 Å². The molecular formula is C11H13N3OS. The van der Waals surface area contributed by atoms with Crippen molar-refractivity contribution >= 4 is 17.2 Å². The number of aromatic amines is 1. The monoisotopic (exact) mass is 235 g/mol. The molecule has 0 saturated heterocycles. The summed E-state index contributed by atoms with van der Waals surface area (Å²) in [7, 11) is 0. The van der Waals surface area contributed by atoms with Crippen LogP contribution in [0.15, 0.2) is 23.8 Å². The van der Waals surface area contributed by atoms with Gasteiger partial charge in [-0.1, -0.05) is 6.92 Å². The Balaban J connectivity index is 1.98. The molecule has 2 N–H and O–H groups in total. The van der Waals surface area contributed by atoms with Crippen LogP contribution in [0.2, 0.25) is 0 Å². The van der Waals surface area contributed by atoms with Gasteiger partial charge in [-0.25, -0.2) is 4.98 Å². The van der Waals surface area contributed by atoms with Crippen LogP contribution in [0.3, 0.4) is 0 Å². The molecule has 2 heterocycles.